The number of hydrogen-bond acceptors (Lipinski definition) is 4. The van der Waals surface area contributed by atoms with Crippen LogP contribution in [0.2, 0.25) is 0 Å². The number of aromatic nitrogens is 3. The summed E-state index contributed by atoms with van der Waals surface area (Å²) in [7, 11) is 0. The third-order valence-electron chi connectivity index (χ3n) is 5.10. The number of benzene rings is 1. The smallest absolute Gasteiger partial charge is 0.253 e. The van der Waals surface area contributed by atoms with E-state index in [1.807, 2.05) is 24.3 Å². The number of furan rings is 1. The lowest BCUT2D eigenvalue weighted by Crippen LogP contribution is -2.29. The molecule has 0 bridgehead atoms. The molecule has 1 aromatic carbocycles. The molecular weight excluding hydrogens is 359 g/mol. The molecule has 6 nitrogen and oxygen atoms in total. The SMILES string of the molecule is O=C(c1ccc(F)cc1)N1CCC(n2c(-c3ccco3)nc3cccnc32)C1. The molecule has 7 heteroatoms. The molecule has 0 aliphatic carbocycles. The molecular formula is C21H17FN4O2. The van der Waals surface area contributed by atoms with E-state index in [0.717, 1.165) is 17.6 Å². The number of carbonyl (C=O) groups excluding carboxylic acids is 1. The maximum absolute atomic E-state index is 13.2. The molecule has 1 saturated heterocycles. The Morgan fingerprint density at radius 2 is 2.00 bits per heavy atom. The van der Waals surface area contributed by atoms with Crippen molar-refractivity contribution in [3.8, 4) is 11.6 Å². The Kier molecular flexibility index (Phi) is 3.93. The number of nitrogens with zero attached hydrogens (tertiary/aromatic N) is 4. The zero-order valence-corrected chi connectivity index (χ0v) is 15.0. The monoisotopic (exact) mass is 376 g/mol. The highest BCUT2D eigenvalue weighted by molar-refractivity contribution is 5.94. The second-order valence-electron chi connectivity index (χ2n) is 6.83. The van der Waals surface area contributed by atoms with E-state index >= 15 is 0 Å². The van der Waals surface area contributed by atoms with Crippen LogP contribution in [-0.2, 0) is 0 Å². The Morgan fingerprint density at radius 3 is 2.79 bits per heavy atom. The first-order valence-corrected chi connectivity index (χ1v) is 9.12. The Balaban J connectivity index is 1.49. The molecule has 1 fully saturated rings. The van der Waals surface area contributed by atoms with Crippen molar-refractivity contribution < 1.29 is 13.6 Å². The number of likely N-dealkylation sites (tertiary alicyclic amines) is 1. The van der Waals surface area contributed by atoms with Gasteiger partial charge in [-0.25, -0.2) is 14.4 Å². The van der Waals surface area contributed by atoms with E-state index in [-0.39, 0.29) is 17.8 Å². The Hall–Kier alpha value is -3.48. The van der Waals surface area contributed by atoms with Crippen molar-refractivity contribution in [3.63, 3.8) is 0 Å². The third kappa shape index (κ3) is 2.76. The predicted molar refractivity (Wildman–Crippen MR) is 101 cm³/mol. The van der Waals surface area contributed by atoms with Gasteiger partial charge in [0.05, 0.1) is 12.3 Å². The minimum Gasteiger partial charge on any atom is -0.461 e. The Morgan fingerprint density at radius 1 is 1.14 bits per heavy atom. The predicted octanol–water partition coefficient (Wildman–Crippen LogP) is 3.92. The van der Waals surface area contributed by atoms with E-state index in [0.29, 0.717) is 30.2 Å². The maximum Gasteiger partial charge on any atom is 0.253 e. The standard InChI is InChI=1S/C21H17FN4O2/c22-15-7-5-14(6-8-15)21(27)25-11-9-16(13-25)26-19-17(3-1-10-23-19)24-20(26)18-4-2-12-28-18/h1-8,10,12,16H,9,11,13H2. The van der Waals surface area contributed by atoms with Gasteiger partial charge in [0, 0.05) is 24.8 Å². The lowest BCUT2D eigenvalue weighted by molar-refractivity contribution is 0.0788. The molecule has 140 valence electrons. The van der Waals surface area contributed by atoms with E-state index in [1.165, 1.54) is 24.3 Å². The number of imidazole rings is 1. The molecule has 0 radical (unpaired) electrons. The van der Waals surface area contributed by atoms with Crippen LogP contribution in [-0.4, -0.2) is 38.4 Å². The summed E-state index contributed by atoms with van der Waals surface area (Å²) in [5, 5.41) is 0. The molecule has 0 spiro atoms. The Bertz CT molecular complexity index is 1140. The normalized spacial score (nSPS) is 16.8. The van der Waals surface area contributed by atoms with Crippen molar-refractivity contribution in [2.24, 2.45) is 0 Å². The zero-order chi connectivity index (χ0) is 19.1. The number of pyridine rings is 1. The minimum atomic E-state index is -0.352. The zero-order valence-electron chi connectivity index (χ0n) is 15.0. The van der Waals surface area contributed by atoms with Crippen molar-refractivity contribution >= 4 is 17.1 Å². The van der Waals surface area contributed by atoms with Crippen LogP contribution in [0.4, 0.5) is 4.39 Å². The number of amides is 1. The lowest BCUT2D eigenvalue weighted by atomic mass is 10.2. The third-order valence-corrected chi connectivity index (χ3v) is 5.10. The summed E-state index contributed by atoms with van der Waals surface area (Å²) in [4.78, 5) is 23.8. The quantitative estimate of drug-likeness (QED) is 0.544. The van der Waals surface area contributed by atoms with Gasteiger partial charge in [-0.15, -0.1) is 0 Å². The van der Waals surface area contributed by atoms with Gasteiger partial charge in [0.15, 0.2) is 17.2 Å². The van der Waals surface area contributed by atoms with Gasteiger partial charge in [-0.2, -0.15) is 0 Å². The molecule has 1 aliphatic rings. The topological polar surface area (TPSA) is 64.2 Å². The van der Waals surface area contributed by atoms with Gasteiger partial charge >= 0.3 is 0 Å². The molecule has 0 N–H and O–H groups in total. The van der Waals surface area contributed by atoms with Gasteiger partial charge in [0.1, 0.15) is 11.3 Å². The number of fused-ring (bicyclic) bond motifs is 1. The average Bonchev–Trinajstić information content (AvgIpc) is 3.46. The van der Waals surface area contributed by atoms with Gasteiger partial charge in [-0.05, 0) is 55.0 Å². The maximum atomic E-state index is 13.2. The highest BCUT2D eigenvalue weighted by Gasteiger charge is 2.31. The molecule has 0 saturated carbocycles. The fraction of sp³-hybridized carbons (Fsp3) is 0.190. The largest absolute Gasteiger partial charge is 0.461 e. The van der Waals surface area contributed by atoms with Gasteiger partial charge < -0.3 is 13.9 Å². The van der Waals surface area contributed by atoms with Gasteiger partial charge in [0.25, 0.3) is 5.91 Å². The molecule has 1 unspecified atom stereocenters. The summed E-state index contributed by atoms with van der Waals surface area (Å²) in [6.07, 6.45) is 4.14. The van der Waals surface area contributed by atoms with Gasteiger partial charge in [0.2, 0.25) is 0 Å². The summed E-state index contributed by atoms with van der Waals surface area (Å²) >= 11 is 0. The van der Waals surface area contributed by atoms with Crippen molar-refractivity contribution in [2.45, 2.75) is 12.5 Å². The van der Waals surface area contributed by atoms with Crippen LogP contribution >= 0.6 is 0 Å². The summed E-state index contributed by atoms with van der Waals surface area (Å²) in [6, 6.07) is 13.2. The van der Waals surface area contributed by atoms with Crippen molar-refractivity contribution in [2.75, 3.05) is 13.1 Å². The average molecular weight is 376 g/mol. The van der Waals surface area contributed by atoms with Gasteiger partial charge in [-0.1, -0.05) is 0 Å². The van der Waals surface area contributed by atoms with E-state index in [2.05, 4.69) is 9.55 Å². The van der Waals surface area contributed by atoms with Crippen LogP contribution in [0, 0.1) is 5.82 Å². The number of hydrogen-bond donors (Lipinski definition) is 0. The van der Waals surface area contributed by atoms with Crippen molar-refractivity contribution in [1.29, 1.82) is 0 Å². The molecule has 1 aliphatic heterocycles. The van der Waals surface area contributed by atoms with Crippen molar-refractivity contribution in [3.05, 3.63) is 72.4 Å². The van der Waals surface area contributed by atoms with Crippen LogP contribution in [0.15, 0.2) is 65.4 Å². The van der Waals surface area contributed by atoms with Crippen LogP contribution in [0.5, 0.6) is 0 Å². The summed E-state index contributed by atoms with van der Waals surface area (Å²) < 4.78 is 20.8. The molecule has 28 heavy (non-hydrogen) atoms. The molecule has 1 atom stereocenters. The fourth-order valence-corrected chi connectivity index (χ4v) is 3.77. The number of halogens is 1. The lowest BCUT2D eigenvalue weighted by Gasteiger charge is -2.18. The van der Waals surface area contributed by atoms with Crippen LogP contribution < -0.4 is 0 Å². The van der Waals surface area contributed by atoms with Gasteiger partial charge in [-0.3, -0.25) is 4.79 Å². The first kappa shape index (κ1) is 16.7. The summed E-state index contributed by atoms with van der Waals surface area (Å²) in [6.45, 7) is 1.15. The molecule has 5 rings (SSSR count). The highest BCUT2D eigenvalue weighted by atomic mass is 19.1. The highest BCUT2D eigenvalue weighted by Crippen LogP contribution is 2.32. The first-order chi connectivity index (χ1) is 13.7. The van der Waals surface area contributed by atoms with Crippen LogP contribution in [0.1, 0.15) is 22.8 Å². The second-order valence-corrected chi connectivity index (χ2v) is 6.83. The van der Waals surface area contributed by atoms with E-state index in [4.69, 9.17) is 9.40 Å². The van der Waals surface area contributed by atoms with E-state index < -0.39 is 0 Å². The summed E-state index contributed by atoms with van der Waals surface area (Å²) in [5.74, 6) is 0.926. The fourth-order valence-electron chi connectivity index (χ4n) is 3.77. The second kappa shape index (κ2) is 6.60. The number of carbonyl (C=O) groups is 1. The Labute approximate surface area is 160 Å². The molecule has 1 amide bonds. The van der Waals surface area contributed by atoms with E-state index in [9.17, 15) is 9.18 Å². The minimum absolute atomic E-state index is 0.0319. The molecule has 3 aromatic heterocycles. The van der Waals surface area contributed by atoms with Crippen molar-refractivity contribution in [1.82, 2.24) is 19.4 Å². The number of rotatable bonds is 3. The van der Waals surface area contributed by atoms with Crippen LogP contribution in [0.25, 0.3) is 22.7 Å². The van der Waals surface area contributed by atoms with Crippen LogP contribution in [0.3, 0.4) is 0 Å². The molecule has 4 heterocycles. The van der Waals surface area contributed by atoms with E-state index in [1.54, 1.807) is 17.4 Å². The summed E-state index contributed by atoms with van der Waals surface area (Å²) in [5.41, 5.74) is 2.05. The first-order valence-electron chi connectivity index (χ1n) is 9.12. The molecule has 4 aromatic rings.